The van der Waals surface area contributed by atoms with Crippen molar-refractivity contribution in [2.75, 3.05) is 5.32 Å². The molecule has 0 aliphatic heterocycles. The number of ether oxygens (including phenoxy) is 1. The van der Waals surface area contributed by atoms with Crippen molar-refractivity contribution in [3.05, 3.63) is 48.8 Å². The van der Waals surface area contributed by atoms with Crippen LogP contribution in [0.25, 0.3) is 0 Å². The van der Waals surface area contributed by atoms with Crippen molar-refractivity contribution in [3.8, 4) is 11.5 Å². The van der Waals surface area contributed by atoms with Gasteiger partial charge in [0.05, 0.1) is 0 Å². The Balaban J connectivity index is 1.64. The van der Waals surface area contributed by atoms with Crippen LogP contribution in [0.2, 0.25) is 0 Å². The molecule has 5 heteroatoms. The van der Waals surface area contributed by atoms with E-state index in [4.69, 9.17) is 10.5 Å². The lowest BCUT2D eigenvalue weighted by Crippen LogP contribution is -2.34. The molecule has 0 spiro atoms. The summed E-state index contributed by atoms with van der Waals surface area (Å²) in [6.07, 6.45) is 7.05. The monoisotopic (exact) mass is 311 g/mol. The lowest BCUT2D eigenvalue weighted by atomic mass is 9.85. The highest BCUT2D eigenvalue weighted by atomic mass is 16.5. The van der Waals surface area contributed by atoms with Crippen molar-refractivity contribution in [1.82, 2.24) is 4.98 Å². The van der Waals surface area contributed by atoms with Crippen LogP contribution in [0.15, 0.2) is 48.8 Å². The second-order valence-electron chi connectivity index (χ2n) is 5.93. The molecule has 23 heavy (non-hydrogen) atoms. The molecular formula is C18H21N3O2. The summed E-state index contributed by atoms with van der Waals surface area (Å²) in [4.78, 5) is 16.3. The Bertz CT molecular complexity index is 660. The van der Waals surface area contributed by atoms with Gasteiger partial charge in [-0.1, -0.05) is 12.5 Å². The molecule has 120 valence electrons. The van der Waals surface area contributed by atoms with E-state index in [1.807, 2.05) is 24.3 Å². The summed E-state index contributed by atoms with van der Waals surface area (Å²) < 4.78 is 5.75. The van der Waals surface area contributed by atoms with Crippen LogP contribution < -0.4 is 15.8 Å². The van der Waals surface area contributed by atoms with E-state index in [9.17, 15) is 4.79 Å². The number of hydrogen-bond donors (Lipinski definition) is 2. The first-order chi connectivity index (χ1) is 11.2. The zero-order chi connectivity index (χ0) is 16.1. The lowest BCUT2D eigenvalue weighted by Gasteiger charge is -2.25. The van der Waals surface area contributed by atoms with Gasteiger partial charge in [-0.15, -0.1) is 0 Å². The van der Waals surface area contributed by atoms with Gasteiger partial charge in [0.2, 0.25) is 5.91 Å². The van der Waals surface area contributed by atoms with Crippen molar-refractivity contribution in [3.63, 3.8) is 0 Å². The first-order valence-corrected chi connectivity index (χ1v) is 7.95. The van der Waals surface area contributed by atoms with Gasteiger partial charge < -0.3 is 15.8 Å². The molecule has 1 fully saturated rings. The minimum atomic E-state index is 0.00326. The summed E-state index contributed by atoms with van der Waals surface area (Å²) in [5, 5.41) is 2.97. The maximum Gasteiger partial charge on any atom is 0.227 e. The third-order valence-electron chi connectivity index (χ3n) is 4.07. The Kier molecular flexibility index (Phi) is 4.88. The molecule has 1 aliphatic rings. The third-order valence-corrected chi connectivity index (χ3v) is 4.07. The Morgan fingerprint density at radius 1 is 1.17 bits per heavy atom. The molecule has 2 unspecified atom stereocenters. The molecule has 1 amide bonds. The number of nitrogens with one attached hydrogen (secondary N) is 1. The summed E-state index contributed by atoms with van der Waals surface area (Å²) in [6.45, 7) is 0. The summed E-state index contributed by atoms with van der Waals surface area (Å²) in [5.74, 6) is 1.43. The Hall–Kier alpha value is -2.40. The smallest absolute Gasteiger partial charge is 0.227 e. The molecule has 3 N–H and O–H groups in total. The SMILES string of the molecule is NC1CCCC(C(=O)Nc2cccc(Oc3ccncc3)c2)C1. The van der Waals surface area contributed by atoms with Crippen LogP contribution in [-0.4, -0.2) is 16.9 Å². The highest BCUT2D eigenvalue weighted by molar-refractivity contribution is 5.92. The van der Waals surface area contributed by atoms with Crippen LogP contribution >= 0.6 is 0 Å². The number of hydrogen-bond acceptors (Lipinski definition) is 4. The predicted molar refractivity (Wildman–Crippen MR) is 89.3 cm³/mol. The highest BCUT2D eigenvalue weighted by Crippen LogP contribution is 2.27. The van der Waals surface area contributed by atoms with Gasteiger partial charge in [0.1, 0.15) is 11.5 Å². The Morgan fingerprint density at radius 3 is 2.78 bits per heavy atom. The number of rotatable bonds is 4. The van der Waals surface area contributed by atoms with Crippen LogP contribution in [0.5, 0.6) is 11.5 Å². The molecule has 1 aromatic carbocycles. The summed E-state index contributed by atoms with van der Waals surface area (Å²) in [5.41, 5.74) is 6.70. The second kappa shape index (κ2) is 7.24. The van der Waals surface area contributed by atoms with Gasteiger partial charge in [-0.05, 0) is 43.5 Å². The molecule has 2 atom stereocenters. The Morgan fingerprint density at radius 2 is 2.00 bits per heavy atom. The van der Waals surface area contributed by atoms with E-state index in [2.05, 4.69) is 10.3 Å². The number of aromatic nitrogens is 1. The van der Waals surface area contributed by atoms with E-state index < -0.39 is 0 Å². The van der Waals surface area contributed by atoms with E-state index in [1.54, 1.807) is 24.5 Å². The van der Waals surface area contributed by atoms with Gasteiger partial charge in [0.25, 0.3) is 0 Å². The van der Waals surface area contributed by atoms with Gasteiger partial charge in [-0.3, -0.25) is 9.78 Å². The largest absolute Gasteiger partial charge is 0.457 e. The molecule has 0 radical (unpaired) electrons. The molecule has 2 aromatic rings. The standard InChI is InChI=1S/C18H21N3O2/c19-14-4-1-3-13(11-14)18(22)21-15-5-2-6-17(12-15)23-16-7-9-20-10-8-16/h2,5-10,12-14H,1,3-4,11,19H2,(H,21,22). The minimum absolute atomic E-state index is 0.00326. The fraction of sp³-hybridized carbons (Fsp3) is 0.333. The van der Waals surface area contributed by atoms with E-state index >= 15 is 0 Å². The van der Waals surface area contributed by atoms with E-state index in [0.29, 0.717) is 11.5 Å². The quantitative estimate of drug-likeness (QED) is 0.908. The van der Waals surface area contributed by atoms with E-state index in [1.165, 1.54) is 0 Å². The molecule has 1 aliphatic carbocycles. The van der Waals surface area contributed by atoms with Gasteiger partial charge in [-0.25, -0.2) is 0 Å². The van der Waals surface area contributed by atoms with Crippen molar-refractivity contribution in [2.24, 2.45) is 11.7 Å². The maximum absolute atomic E-state index is 12.4. The number of pyridine rings is 1. The van der Waals surface area contributed by atoms with Crippen LogP contribution in [0, 0.1) is 5.92 Å². The van der Waals surface area contributed by atoms with Crippen LogP contribution in [0.4, 0.5) is 5.69 Å². The Labute approximate surface area is 135 Å². The zero-order valence-electron chi connectivity index (χ0n) is 12.9. The lowest BCUT2D eigenvalue weighted by molar-refractivity contribution is -0.120. The number of carbonyl (C=O) groups is 1. The van der Waals surface area contributed by atoms with Crippen LogP contribution in [0.3, 0.4) is 0 Å². The van der Waals surface area contributed by atoms with Gasteiger partial charge in [0.15, 0.2) is 0 Å². The number of anilines is 1. The number of nitrogens with two attached hydrogens (primary N) is 1. The fourth-order valence-corrected chi connectivity index (χ4v) is 2.89. The molecule has 3 rings (SSSR count). The van der Waals surface area contributed by atoms with Gasteiger partial charge in [0, 0.05) is 36.1 Å². The first-order valence-electron chi connectivity index (χ1n) is 7.95. The molecular weight excluding hydrogens is 290 g/mol. The van der Waals surface area contributed by atoms with Crippen LogP contribution in [-0.2, 0) is 4.79 Å². The molecule has 1 aromatic heterocycles. The molecule has 0 bridgehead atoms. The van der Waals surface area contributed by atoms with Gasteiger partial charge >= 0.3 is 0 Å². The topological polar surface area (TPSA) is 77.2 Å². The highest BCUT2D eigenvalue weighted by Gasteiger charge is 2.25. The van der Waals surface area contributed by atoms with Gasteiger partial charge in [-0.2, -0.15) is 0 Å². The second-order valence-corrected chi connectivity index (χ2v) is 5.93. The molecule has 0 saturated heterocycles. The summed E-state index contributed by atoms with van der Waals surface area (Å²) in [7, 11) is 0. The maximum atomic E-state index is 12.4. The molecule has 5 nitrogen and oxygen atoms in total. The first kappa shape index (κ1) is 15.5. The normalized spacial score (nSPS) is 20.7. The number of nitrogens with zero attached hydrogens (tertiary/aromatic N) is 1. The van der Waals surface area contributed by atoms with E-state index in [0.717, 1.165) is 31.4 Å². The number of amides is 1. The average molecular weight is 311 g/mol. The number of carbonyl (C=O) groups excluding carboxylic acids is 1. The van der Waals surface area contributed by atoms with Crippen molar-refractivity contribution in [1.29, 1.82) is 0 Å². The predicted octanol–water partition coefficient (Wildman–Crippen LogP) is 3.33. The van der Waals surface area contributed by atoms with Crippen molar-refractivity contribution < 1.29 is 9.53 Å². The molecule has 1 saturated carbocycles. The van der Waals surface area contributed by atoms with Crippen LogP contribution in [0.1, 0.15) is 25.7 Å². The fourth-order valence-electron chi connectivity index (χ4n) is 2.89. The summed E-state index contributed by atoms with van der Waals surface area (Å²) >= 11 is 0. The van der Waals surface area contributed by atoms with Crippen molar-refractivity contribution >= 4 is 11.6 Å². The van der Waals surface area contributed by atoms with E-state index in [-0.39, 0.29) is 17.9 Å². The average Bonchev–Trinajstić information content (AvgIpc) is 2.56. The minimum Gasteiger partial charge on any atom is -0.457 e. The number of benzene rings is 1. The third kappa shape index (κ3) is 4.29. The summed E-state index contributed by atoms with van der Waals surface area (Å²) in [6, 6.07) is 11.1. The zero-order valence-corrected chi connectivity index (χ0v) is 12.9. The van der Waals surface area contributed by atoms with Crippen molar-refractivity contribution in [2.45, 2.75) is 31.7 Å². The molecule has 1 heterocycles.